The lowest BCUT2D eigenvalue weighted by atomic mass is 10.2. The lowest BCUT2D eigenvalue weighted by molar-refractivity contribution is 0.315. The van der Waals surface area contributed by atoms with Gasteiger partial charge in [0, 0.05) is 30.9 Å². The van der Waals surface area contributed by atoms with Gasteiger partial charge in [-0.15, -0.1) is 11.3 Å². The van der Waals surface area contributed by atoms with Crippen molar-refractivity contribution in [3.8, 4) is 0 Å². The molecule has 0 spiro atoms. The van der Waals surface area contributed by atoms with Crippen LogP contribution in [0.15, 0.2) is 29.9 Å². The van der Waals surface area contributed by atoms with Crippen molar-refractivity contribution in [3.05, 3.63) is 46.2 Å². The minimum atomic E-state index is 0.895. The third-order valence-electron chi connectivity index (χ3n) is 2.30. The first-order chi connectivity index (χ1) is 7.74. The van der Waals surface area contributed by atoms with Gasteiger partial charge in [-0.2, -0.15) is 0 Å². The number of aryl methyl sites for hydroxylation is 1. The van der Waals surface area contributed by atoms with Gasteiger partial charge in [0.25, 0.3) is 0 Å². The number of thiazole rings is 1. The van der Waals surface area contributed by atoms with Crippen molar-refractivity contribution < 1.29 is 0 Å². The molecular formula is C12H15N3S. The number of hydrogen-bond acceptors (Lipinski definition) is 4. The number of hydrogen-bond donors (Lipinski definition) is 0. The summed E-state index contributed by atoms with van der Waals surface area (Å²) in [7, 11) is 2.11. The normalized spacial score (nSPS) is 10.9. The van der Waals surface area contributed by atoms with E-state index >= 15 is 0 Å². The Morgan fingerprint density at radius 3 is 2.62 bits per heavy atom. The molecule has 0 radical (unpaired) electrons. The lowest BCUT2D eigenvalue weighted by Gasteiger charge is -2.14. The molecule has 0 aliphatic rings. The quantitative estimate of drug-likeness (QED) is 0.812. The van der Waals surface area contributed by atoms with Crippen LogP contribution in [0.1, 0.15) is 16.3 Å². The zero-order valence-electron chi connectivity index (χ0n) is 9.55. The maximum atomic E-state index is 4.46. The molecule has 0 fully saturated rings. The van der Waals surface area contributed by atoms with Crippen LogP contribution < -0.4 is 0 Å². The topological polar surface area (TPSA) is 29.0 Å². The first-order valence-electron chi connectivity index (χ1n) is 5.22. The second-order valence-electron chi connectivity index (χ2n) is 3.89. The molecule has 2 heterocycles. The van der Waals surface area contributed by atoms with Crippen LogP contribution in [0.2, 0.25) is 0 Å². The molecular weight excluding hydrogens is 218 g/mol. The van der Waals surface area contributed by atoms with Crippen molar-refractivity contribution in [2.45, 2.75) is 20.0 Å². The highest BCUT2D eigenvalue weighted by molar-refractivity contribution is 7.09. The fourth-order valence-electron chi connectivity index (χ4n) is 1.61. The Bertz CT molecular complexity index is 439. The average molecular weight is 233 g/mol. The van der Waals surface area contributed by atoms with Gasteiger partial charge in [-0.1, -0.05) is 0 Å². The molecule has 2 aromatic heterocycles. The summed E-state index contributed by atoms with van der Waals surface area (Å²) in [5.74, 6) is 0. The maximum Gasteiger partial charge on any atom is 0.0897 e. The molecule has 2 rings (SSSR count). The average Bonchev–Trinajstić information content (AvgIpc) is 2.65. The van der Waals surface area contributed by atoms with Crippen molar-refractivity contribution in [1.82, 2.24) is 14.9 Å². The zero-order chi connectivity index (χ0) is 11.4. The van der Waals surface area contributed by atoms with E-state index in [0.717, 1.165) is 23.8 Å². The van der Waals surface area contributed by atoms with Gasteiger partial charge in [-0.3, -0.25) is 9.88 Å². The molecule has 2 aromatic rings. The van der Waals surface area contributed by atoms with Crippen LogP contribution >= 0.6 is 11.3 Å². The Hall–Kier alpha value is -1.26. The number of pyridine rings is 1. The largest absolute Gasteiger partial charge is 0.296 e. The van der Waals surface area contributed by atoms with E-state index < -0.39 is 0 Å². The van der Waals surface area contributed by atoms with Gasteiger partial charge in [0.2, 0.25) is 0 Å². The predicted molar refractivity (Wildman–Crippen MR) is 66.3 cm³/mol. The number of rotatable bonds is 4. The molecule has 0 amide bonds. The molecule has 0 aliphatic carbocycles. The molecule has 84 valence electrons. The standard InChI is InChI=1S/C12H15N3S/c1-10-14-12(9-16-10)8-15(2)7-11-3-5-13-6-4-11/h3-6,9H,7-8H2,1-2H3. The van der Waals surface area contributed by atoms with Crippen molar-refractivity contribution in [2.75, 3.05) is 7.05 Å². The summed E-state index contributed by atoms with van der Waals surface area (Å²) in [5.41, 5.74) is 2.43. The smallest absolute Gasteiger partial charge is 0.0897 e. The Morgan fingerprint density at radius 2 is 2.00 bits per heavy atom. The van der Waals surface area contributed by atoms with Crippen molar-refractivity contribution in [3.63, 3.8) is 0 Å². The van der Waals surface area contributed by atoms with Crippen LogP contribution in [0, 0.1) is 6.92 Å². The number of nitrogens with zero attached hydrogens (tertiary/aromatic N) is 3. The van der Waals surface area contributed by atoms with Crippen LogP contribution in [-0.2, 0) is 13.1 Å². The molecule has 0 aliphatic heterocycles. The van der Waals surface area contributed by atoms with Gasteiger partial charge in [0.1, 0.15) is 0 Å². The monoisotopic (exact) mass is 233 g/mol. The van der Waals surface area contributed by atoms with Gasteiger partial charge in [-0.05, 0) is 31.7 Å². The molecule has 0 unspecified atom stereocenters. The summed E-state index contributed by atoms with van der Waals surface area (Å²) in [6.07, 6.45) is 3.66. The van der Waals surface area contributed by atoms with E-state index in [2.05, 4.69) is 27.3 Å². The fourth-order valence-corrected chi connectivity index (χ4v) is 2.22. The van der Waals surface area contributed by atoms with Crippen molar-refractivity contribution in [2.24, 2.45) is 0 Å². The Kier molecular flexibility index (Phi) is 3.64. The Labute approximate surface area is 99.8 Å². The van der Waals surface area contributed by atoms with Crippen molar-refractivity contribution >= 4 is 11.3 Å². The molecule has 16 heavy (non-hydrogen) atoms. The van der Waals surface area contributed by atoms with Crippen molar-refractivity contribution in [1.29, 1.82) is 0 Å². The third kappa shape index (κ3) is 3.12. The predicted octanol–water partition coefficient (Wildman–Crippen LogP) is 2.48. The Morgan fingerprint density at radius 1 is 1.25 bits per heavy atom. The van der Waals surface area contributed by atoms with E-state index in [4.69, 9.17) is 0 Å². The highest BCUT2D eigenvalue weighted by atomic mass is 32.1. The molecule has 3 nitrogen and oxygen atoms in total. The molecule has 0 atom stereocenters. The van der Waals surface area contributed by atoms with Gasteiger partial charge in [-0.25, -0.2) is 4.98 Å². The molecule has 0 aromatic carbocycles. The highest BCUT2D eigenvalue weighted by Crippen LogP contribution is 2.11. The van der Waals surface area contributed by atoms with E-state index in [0.29, 0.717) is 0 Å². The van der Waals surface area contributed by atoms with E-state index in [-0.39, 0.29) is 0 Å². The van der Waals surface area contributed by atoms with E-state index in [1.54, 1.807) is 11.3 Å². The summed E-state index contributed by atoms with van der Waals surface area (Å²) in [6, 6.07) is 4.09. The summed E-state index contributed by atoms with van der Waals surface area (Å²) >= 11 is 1.70. The van der Waals surface area contributed by atoms with Gasteiger partial charge >= 0.3 is 0 Å². The maximum absolute atomic E-state index is 4.46. The molecule has 0 saturated carbocycles. The highest BCUT2D eigenvalue weighted by Gasteiger charge is 2.04. The van der Waals surface area contributed by atoms with Gasteiger partial charge in [0.05, 0.1) is 10.7 Å². The second-order valence-corrected chi connectivity index (χ2v) is 4.95. The third-order valence-corrected chi connectivity index (χ3v) is 3.12. The molecule has 0 saturated heterocycles. The first kappa shape index (κ1) is 11.2. The minimum absolute atomic E-state index is 0.895. The SMILES string of the molecule is Cc1nc(CN(C)Cc2ccncc2)cs1. The minimum Gasteiger partial charge on any atom is -0.296 e. The summed E-state index contributed by atoms with van der Waals surface area (Å²) in [5, 5.41) is 3.26. The van der Waals surface area contributed by atoms with Gasteiger partial charge in [0.15, 0.2) is 0 Å². The van der Waals surface area contributed by atoms with Crippen LogP contribution in [-0.4, -0.2) is 21.9 Å². The van der Waals surface area contributed by atoms with E-state index in [9.17, 15) is 0 Å². The van der Waals surface area contributed by atoms with Crippen LogP contribution in [0.5, 0.6) is 0 Å². The Balaban J connectivity index is 1.92. The van der Waals surface area contributed by atoms with E-state index in [1.807, 2.05) is 31.5 Å². The van der Waals surface area contributed by atoms with Crippen LogP contribution in [0.3, 0.4) is 0 Å². The van der Waals surface area contributed by atoms with Gasteiger partial charge < -0.3 is 0 Å². The fraction of sp³-hybridized carbons (Fsp3) is 0.333. The zero-order valence-corrected chi connectivity index (χ0v) is 10.4. The summed E-state index contributed by atoms with van der Waals surface area (Å²) < 4.78 is 0. The summed E-state index contributed by atoms with van der Waals surface area (Å²) in [6.45, 7) is 3.86. The summed E-state index contributed by atoms with van der Waals surface area (Å²) in [4.78, 5) is 10.7. The van der Waals surface area contributed by atoms with Crippen LogP contribution in [0.25, 0.3) is 0 Å². The first-order valence-corrected chi connectivity index (χ1v) is 6.10. The van der Waals surface area contributed by atoms with Crippen LogP contribution in [0.4, 0.5) is 0 Å². The molecule has 4 heteroatoms. The second kappa shape index (κ2) is 5.18. The number of aromatic nitrogens is 2. The lowest BCUT2D eigenvalue weighted by Crippen LogP contribution is -2.17. The molecule has 0 N–H and O–H groups in total. The van der Waals surface area contributed by atoms with E-state index in [1.165, 1.54) is 5.56 Å². The molecule has 0 bridgehead atoms.